The van der Waals surface area contributed by atoms with E-state index in [0.717, 1.165) is 0 Å². The van der Waals surface area contributed by atoms with Gasteiger partial charge in [0.15, 0.2) is 0 Å². The van der Waals surface area contributed by atoms with Gasteiger partial charge in [-0.1, -0.05) is 44.2 Å². The predicted molar refractivity (Wildman–Crippen MR) is 127 cm³/mol. The highest BCUT2D eigenvalue weighted by Crippen LogP contribution is 2.08. The Morgan fingerprint density at radius 2 is 1.50 bits per heavy atom. The smallest absolute Gasteiger partial charge is 0.326 e. The molecule has 1 aromatic rings. The Kier molecular flexibility index (Phi) is 12.1. The normalized spacial score (nSPS) is 14.4. The third kappa shape index (κ3) is 9.79. The molecule has 1 rings (SSSR count). The number of carbonyl (C=O) groups excluding carboxylic acids is 3. The molecule has 3 amide bonds. The van der Waals surface area contributed by atoms with Gasteiger partial charge >= 0.3 is 11.9 Å². The van der Waals surface area contributed by atoms with Gasteiger partial charge in [0.25, 0.3) is 0 Å². The number of benzene rings is 1. The molecule has 7 N–H and O–H groups in total. The highest BCUT2D eigenvalue weighted by Gasteiger charge is 2.31. The van der Waals surface area contributed by atoms with Gasteiger partial charge in [-0.15, -0.1) is 0 Å². The molecule has 11 nitrogen and oxygen atoms in total. The predicted octanol–water partition coefficient (Wildman–Crippen LogP) is -0.454. The Hall–Kier alpha value is -3.12. The number of carboxylic acids is 2. The molecule has 0 aromatic heterocycles. The molecule has 0 aliphatic carbocycles. The summed E-state index contributed by atoms with van der Waals surface area (Å²) in [6, 6.07) is 4.00. The van der Waals surface area contributed by atoms with Crippen LogP contribution in [0.15, 0.2) is 30.3 Å². The molecule has 0 saturated heterocycles. The van der Waals surface area contributed by atoms with Crippen molar-refractivity contribution in [3.63, 3.8) is 0 Å². The Morgan fingerprint density at radius 1 is 0.912 bits per heavy atom. The van der Waals surface area contributed by atoms with E-state index in [1.54, 1.807) is 44.2 Å². The molecule has 0 aliphatic heterocycles. The second kappa shape index (κ2) is 14.2. The summed E-state index contributed by atoms with van der Waals surface area (Å²) in [7, 11) is 0. The van der Waals surface area contributed by atoms with E-state index in [2.05, 4.69) is 28.6 Å². The van der Waals surface area contributed by atoms with Crippen molar-refractivity contribution < 1.29 is 34.2 Å². The van der Waals surface area contributed by atoms with Crippen LogP contribution in [0.3, 0.4) is 0 Å². The van der Waals surface area contributed by atoms with Crippen LogP contribution in [0, 0.1) is 5.92 Å². The second-order valence-corrected chi connectivity index (χ2v) is 8.47. The van der Waals surface area contributed by atoms with Gasteiger partial charge in [0, 0.05) is 18.6 Å². The van der Waals surface area contributed by atoms with E-state index in [1.807, 2.05) is 0 Å². The van der Waals surface area contributed by atoms with Gasteiger partial charge in [-0.2, -0.15) is 12.6 Å². The highest BCUT2D eigenvalue weighted by atomic mass is 32.1. The van der Waals surface area contributed by atoms with Gasteiger partial charge in [0.05, 0.1) is 6.04 Å². The summed E-state index contributed by atoms with van der Waals surface area (Å²) in [4.78, 5) is 60.6. The number of rotatable bonds is 14. The summed E-state index contributed by atoms with van der Waals surface area (Å²) < 4.78 is 0. The number of aliphatic carboxylic acids is 2. The quantitative estimate of drug-likeness (QED) is 0.169. The summed E-state index contributed by atoms with van der Waals surface area (Å²) in [5.41, 5.74) is 6.31. The van der Waals surface area contributed by atoms with Crippen LogP contribution in [0.4, 0.5) is 0 Å². The lowest BCUT2D eigenvalue weighted by atomic mass is 10.0. The number of nitrogens with two attached hydrogens (primary N) is 1. The number of nitrogens with one attached hydrogen (secondary N) is 3. The van der Waals surface area contributed by atoms with Crippen molar-refractivity contribution in [3.8, 4) is 0 Å². The molecule has 0 spiro atoms. The zero-order chi connectivity index (χ0) is 25.8. The summed E-state index contributed by atoms with van der Waals surface area (Å²) in [6.45, 7) is 3.34. The third-order valence-electron chi connectivity index (χ3n) is 4.96. The molecule has 0 saturated carbocycles. The monoisotopic (exact) mass is 496 g/mol. The Morgan fingerprint density at radius 3 is 2.00 bits per heavy atom. The molecular weight excluding hydrogens is 464 g/mol. The zero-order valence-electron chi connectivity index (χ0n) is 19.1. The molecule has 12 heteroatoms. The maximum Gasteiger partial charge on any atom is 0.326 e. The third-order valence-corrected chi connectivity index (χ3v) is 5.35. The van der Waals surface area contributed by atoms with E-state index in [-0.39, 0.29) is 24.5 Å². The molecular formula is C22H32N4O7S. The summed E-state index contributed by atoms with van der Waals surface area (Å²) >= 11 is 3.95. The molecule has 1 aromatic carbocycles. The maximum atomic E-state index is 12.9. The lowest BCUT2D eigenvalue weighted by molar-refractivity contribution is -0.143. The molecule has 0 radical (unpaired) electrons. The first-order valence-corrected chi connectivity index (χ1v) is 11.4. The lowest BCUT2D eigenvalue weighted by Gasteiger charge is -2.26. The van der Waals surface area contributed by atoms with E-state index in [9.17, 15) is 29.1 Å². The van der Waals surface area contributed by atoms with Crippen molar-refractivity contribution in [3.05, 3.63) is 35.9 Å². The minimum Gasteiger partial charge on any atom is -0.481 e. The van der Waals surface area contributed by atoms with Crippen LogP contribution in [0.5, 0.6) is 0 Å². The number of amides is 3. The van der Waals surface area contributed by atoms with Gasteiger partial charge < -0.3 is 31.9 Å². The van der Waals surface area contributed by atoms with Gasteiger partial charge in [0.2, 0.25) is 17.7 Å². The fraction of sp³-hybridized carbons (Fsp3) is 0.500. The second-order valence-electron chi connectivity index (χ2n) is 8.10. The number of hydrogen-bond acceptors (Lipinski definition) is 7. The molecule has 0 heterocycles. The Labute approximate surface area is 203 Å². The van der Waals surface area contributed by atoms with E-state index in [1.165, 1.54) is 0 Å². The van der Waals surface area contributed by atoms with Gasteiger partial charge in [0.1, 0.15) is 18.1 Å². The van der Waals surface area contributed by atoms with Crippen molar-refractivity contribution in [2.75, 3.05) is 5.75 Å². The number of carboxylic acid groups (broad SMARTS) is 2. The zero-order valence-corrected chi connectivity index (χ0v) is 20.0. The minimum absolute atomic E-state index is 0.00615. The first-order valence-electron chi connectivity index (χ1n) is 10.7. The topological polar surface area (TPSA) is 188 Å². The van der Waals surface area contributed by atoms with Gasteiger partial charge in [-0.3, -0.25) is 19.2 Å². The minimum atomic E-state index is -1.34. The van der Waals surface area contributed by atoms with Crippen molar-refractivity contribution in [1.82, 2.24) is 16.0 Å². The molecule has 0 aliphatic rings. The molecule has 4 unspecified atom stereocenters. The number of carbonyl (C=O) groups is 5. The van der Waals surface area contributed by atoms with Crippen molar-refractivity contribution in [2.45, 2.75) is 57.3 Å². The standard InChI is InChI=1S/C22H32N4O7S/c1-12(2)18(26-19(29)14(23)11-34)21(31)24-15(8-9-17(27)28)20(30)25-16(22(32)33)10-13-6-4-3-5-7-13/h3-7,12,14-16,18,34H,8-11,23H2,1-2H3,(H,24,31)(H,25,30)(H,26,29)(H,27,28)(H,32,33). The van der Waals surface area contributed by atoms with E-state index in [0.29, 0.717) is 5.56 Å². The molecule has 0 bridgehead atoms. The Bertz CT molecular complexity index is 866. The van der Waals surface area contributed by atoms with E-state index in [4.69, 9.17) is 10.8 Å². The van der Waals surface area contributed by atoms with Crippen molar-refractivity contribution in [1.29, 1.82) is 0 Å². The molecule has 34 heavy (non-hydrogen) atoms. The van der Waals surface area contributed by atoms with Crippen LogP contribution in [-0.4, -0.2) is 69.8 Å². The fourth-order valence-electron chi connectivity index (χ4n) is 3.00. The average molecular weight is 497 g/mol. The van der Waals surface area contributed by atoms with Crippen LogP contribution in [-0.2, 0) is 30.4 Å². The summed E-state index contributed by atoms with van der Waals surface area (Å²) in [6.07, 6.45) is -0.731. The first kappa shape index (κ1) is 28.9. The van der Waals surface area contributed by atoms with Gasteiger partial charge in [-0.25, -0.2) is 4.79 Å². The first-order chi connectivity index (χ1) is 16.0. The lowest BCUT2D eigenvalue weighted by Crippen LogP contribution is -2.58. The van der Waals surface area contributed by atoms with Crippen LogP contribution < -0.4 is 21.7 Å². The fourth-order valence-corrected chi connectivity index (χ4v) is 3.16. The number of hydrogen-bond donors (Lipinski definition) is 7. The van der Waals surface area contributed by atoms with Crippen LogP contribution in [0.1, 0.15) is 32.3 Å². The summed E-state index contributed by atoms with van der Waals surface area (Å²) in [5, 5.41) is 25.9. The van der Waals surface area contributed by atoms with Crippen molar-refractivity contribution >= 4 is 42.3 Å². The number of thiol groups is 1. The van der Waals surface area contributed by atoms with E-state index >= 15 is 0 Å². The average Bonchev–Trinajstić information content (AvgIpc) is 2.78. The Balaban J connectivity index is 3.00. The largest absolute Gasteiger partial charge is 0.481 e. The van der Waals surface area contributed by atoms with Crippen molar-refractivity contribution in [2.24, 2.45) is 11.7 Å². The van der Waals surface area contributed by atoms with E-state index < -0.39 is 60.2 Å². The molecule has 4 atom stereocenters. The van der Waals surface area contributed by atoms with Crippen LogP contribution in [0.2, 0.25) is 0 Å². The molecule has 188 valence electrons. The van der Waals surface area contributed by atoms with Gasteiger partial charge in [-0.05, 0) is 17.9 Å². The SMILES string of the molecule is CC(C)C(NC(=O)C(N)CS)C(=O)NC(CCC(=O)O)C(=O)NC(Cc1ccccc1)C(=O)O. The highest BCUT2D eigenvalue weighted by molar-refractivity contribution is 7.80. The summed E-state index contributed by atoms with van der Waals surface area (Å²) in [5.74, 6) is -4.99. The van der Waals surface area contributed by atoms with Crippen LogP contribution >= 0.6 is 12.6 Å². The van der Waals surface area contributed by atoms with Crippen LogP contribution in [0.25, 0.3) is 0 Å². The maximum absolute atomic E-state index is 12.9. The molecule has 0 fully saturated rings.